The number of carbonyl (C=O) groups excluding carboxylic acids is 1. The summed E-state index contributed by atoms with van der Waals surface area (Å²) in [6.45, 7) is 2.37. The van der Waals surface area contributed by atoms with E-state index in [1.54, 1.807) is 46.2 Å². The Morgan fingerprint density at radius 2 is 1.69 bits per heavy atom. The van der Waals surface area contributed by atoms with E-state index in [0.29, 0.717) is 34.5 Å². The quantitative estimate of drug-likeness (QED) is 0.424. The molecule has 158 valence electrons. The number of aryl methyl sites for hydroxylation is 1. The summed E-state index contributed by atoms with van der Waals surface area (Å²) in [7, 11) is 0. The summed E-state index contributed by atoms with van der Waals surface area (Å²) in [6, 6.07) is 22.7. The molecule has 5 nitrogen and oxygen atoms in total. The van der Waals surface area contributed by atoms with Crippen LogP contribution in [-0.2, 0) is 6.42 Å². The number of aromatic nitrogens is 2. The summed E-state index contributed by atoms with van der Waals surface area (Å²) < 4.78 is 2.84. The van der Waals surface area contributed by atoms with Gasteiger partial charge in [0.25, 0.3) is 11.5 Å². The number of nitrogens with one attached hydrogen (secondary N) is 1. The standard InChI is InChI=1S/C26H21N3O2S/c1-17-28-23-8-4-2-7-22(23)26(31)29(17)20-12-10-18(11-13-20)25(30)27-15-14-19-16-32-24-9-5-3-6-21(19)24/h2-13,16H,14-15H2,1H3,(H,27,30). The third-order valence-corrected chi connectivity index (χ3v) is 6.58. The normalized spacial score (nSPS) is 11.2. The average Bonchev–Trinajstić information content (AvgIpc) is 3.22. The fourth-order valence-corrected chi connectivity index (χ4v) is 4.95. The van der Waals surface area contributed by atoms with Gasteiger partial charge in [-0.2, -0.15) is 0 Å². The Morgan fingerprint density at radius 1 is 0.969 bits per heavy atom. The van der Waals surface area contributed by atoms with Gasteiger partial charge in [-0.3, -0.25) is 14.2 Å². The van der Waals surface area contributed by atoms with E-state index in [1.807, 2.05) is 37.3 Å². The van der Waals surface area contributed by atoms with Gasteiger partial charge >= 0.3 is 0 Å². The molecule has 3 aromatic carbocycles. The zero-order valence-electron chi connectivity index (χ0n) is 17.5. The summed E-state index contributed by atoms with van der Waals surface area (Å²) in [5, 5.41) is 6.97. The van der Waals surface area contributed by atoms with Gasteiger partial charge in [0.05, 0.1) is 16.6 Å². The molecular formula is C26H21N3O2S. The lowest BCUT2D eigenvalue weighted by Crippen LogP contribution is -2.26. The van der Waals surface area contributed by atoms with E-state index in [9.17, 15) is 9.59 Å². The maximum absolute atomic E-state index is 13.0. The molecule has 0 aliphatic heterocycles. The minimum absolute atomic E-state index is 0.117. The van der Waals surface area contributed by atoms with Crippen molar-refractivity contribution in [3.8, 4) is 5.69 Å². The van der Waals surface area contributed by atoms with Crippen LogP contribution in [0.15, 0.2) is 83.0 Å². The molecule has 1 amide bonds. The summed E-state index contributed by atoms with van der Waals surface area (Å²) in [5.74, 6) is 0.477. The highest BCUT2D eigenvalue weighted by atomic mass is 32.1. The zero-order valence-corrected chi connectivity index (χ0v) is 18.4. The lowest BCUT2D eigenvalue weighted by atomic mass is 10.1. The van der Waals surface area contributed by atoms with Crippen molar-refractivity contribution in [3.05, 3.63) is 105 Å². The van der Waals surface area contributed by atoms with Crippen LogP contribution in [0.1, 0.15) is 21.7 Å². The van der Waals surface area contributed by atoms with E-state index in [2.05, 4.69) is 27.8 Å². The van der Waals surface area contributed by atoms with Gasteiger partial charge in [0.15, 0.2) is 0 Å². The monoisotopic (exact) mass is 439 g/mol. The number of benzene rings is 3. The van der Waals surface area contributed by atoms with E-state index >= 15 is 0 Å². The predicted molar refractivity (Wildman–Crippen MR) is 130 cm³/mol. The fourth-order valence-electron chi connectivity index (χ4n) is 3.95. The Labute approximate surface area is 189 Å². The summed E-state index contributed by atoms with van der Waals surface area (Å²) >= 11 is 1.73. The van der Waals surface area contributed by atoms with Crippen molar-refractivity contribution < 1.29 is 4.79 Å². The van der Waals surface area contributed by atoms with Gasteiger partial charge in [0.2, 0.25) is 0 Å². The first-order chi connectivity index (χ1) is 15.6. The van der Waals surface area contributed by atoms with Crippen LogP contribution in [0.3, 0.4) is 0 Å². The van der Waals surface area contributed by atoms with E-state index < -0.39 is 0 Å². The molecule has 6 heteroatoms. The Hall–Kier alpha value is -3.77. The molecular weight excluding hydrogens is 418 g/mol. The number of hydrogen-bond donors (Lipinski definition) is 1. The number of nitrogens with zero attached hydrogens (tertiary/aromatic N) is 2. The molecule has 5 aromatic rings. The molecule has 5 rings (SSSR count). The molecule has 0 aliphatic rings. The summed E-state index contributed by atoms with van der Waals surface area (Å²) in [6.07, 6.45) is 0.783. The van der Waals surface area contributed by atoms with Crippen LogP contribution >= 0.6 is 11.3 Å². The van der Waals surface area contributed by atoms with Crippen molar-refractivity contribution in [2.24, 2.45) is 0 Å². The van der Waals surface area contributed by atoms with E-state index in [0.717, 1.165) is 6.42 Å². The molecule has 0 saturated carbocycles. The Balaban J connectivity index is 1.31. The van der Waals surface area contributed by atoms with Crippen LogP contribution in [0.4, 0.5) is 0 Å². The van der Waals surface area contributed by atoms with Crippen molar-refractivity contribution in [2.45, 2.75) is 13.3 Å². The van der Waals surface area contributed by atoms with Crippen molar-refractivity contribution in [2.75, 3.05) is 6.54 Å². The first kappa shape index (κ1) is 20.2. The van der Waals surface area contributed by atoms with Crippen molar-refractivity contribution >= 4 is 38.2 Å². The van der Waals surface area contributed by atoms with Crippen LogP contribution in [0.25, 0.3) is 26.7 Å². The molecule has 0 radical (unpaired) electrons. The molecule has 0 atom stereocenters. The lowest BCUT2D eigenvalue weighted by molar-refractivity contribution is 0.0954. The van der Waals surface area contributed by atoms with Gasteiger partial charge in [-0.05, 0) is 72.1 Å². The Bertz CT molecular complexity index is 1500. The topological polar surface area (TPSA) is 64.0 Å². The molecule has 0 aliphatic carbocycles. The molecule has 0 spiro atoms. The number of thiophene rings is 1. The van der Waals surface area contributed by atoms with Crippen molar-refractivity contribution in [1.82, 2.24) is 14.9 Å². The number of carbonyl (C=O) groups is 1. The first-order valence-electron chi connectivity index (χ1n) is 10.4. The van der Waals surface area contributed by atoms with Gasteiger partial charge in [-0.15, -0.1) is 11.3 Å². The van der Waals surface area contributed by atoms with Gasteiger partial charge in [0, 0.05) is 16.8 Å². The van der Waals surface area contributed by atoms with Gasteiger partial charge in [-0.1, -0.05) is 30.3 Å². The number of para-hydroxylation sites is 1. The second-order valence-corrected chi connectivity index (χ2v) is 8.54. The lowest BCUT2D eigenvalue weighted by Gasteiger charge is -2.11. The second-order valence-electron chi connectivity index (χ2n) is 7.63. The van der Waals surface area contributed by atoms with Gasteiger partial charge in [-0.25, -0.2) is 4.98 Å². The van der Waals surface area contributed by atoms with Gasteiger partial charge in [0.1, 0.15) is 5.82 Å². The molecule has 0 bridgehead atoms. The first-order valence-corrected chi connectivity index (χ1v) is 11.3. The maximum atomic E-state index is 13.0. The number of rotatable bonds is 5. The van der Waals surface area contributed by atoms with E-state index in [1.165, 1.54) is 15.6 Å². The van der Waals surface area contributed by atoms with Crippen LogP contribution in [0.2, 0.25) is 0 Å². The molecule has 0 fully saturated rings. The van der Waals surface area contributed by atoms with Gasteiger partial charge < -0.3 is 5.32 Å². The number of hydrogen-bond acceptors (Lipinski definition) is 4. The minimum atomic E-state index is -0.128. The van der Waals surface area contributed by atoms with Crippen molar-refractivity contribution in [1.29, 1.82) is 0 Å². The molecule has 2 heterocycles. The van der Waals surface area contributed by atoms with Crippen LogP contribution in [-0.4, -0.2) is 22.0 Å². The van der Waals surface area contributed by atoms with Crippen LogP contribution in [0, 0.1) is 6.92 Å². The smallest absolute Gasteiger partial charge is 0.265 e. The number of amides is 1. The average molecular weight is 440 g/mol. The maximum Gasteiger partial charge on any atom is 0.265 e. The van der Waals surface area contributed by atoms with Crippen LogP contribution in [0.5, 0.6) is 0 Å². The second kappa shape index (κ2) is 8.40. The Morgan fingerprint density at radius 3 is 2.50 bits per heavy atom. The fraction of sp³-hybridized carbons (Fsp3) is 0.115. The Kier molecular flexibility index (Phi) is 5.29. The highest BCUT2D eigenvalue weighted by Gasteiger charge is 2.11. The largest absolute Gasteiger partial charge is 0.352 e. The zero-order chi connectivity index (χ0) is 22.1. The molecule has 1 N–H and O–H groups in total. The molecule has 2 aromatic heterocycles. The minimum Gasteiger partial charge on any atom is -0.352 e. The summed E-state index contributed by atoms with van der Waals surface area (Å²) in [5.41, 5.74) is 3.06. The molecule has 0 unspecified atom stereocenters. The van der Waals surface area contributed by atoms with Crippen LogP contribution < -0.4 is 10.9 Å². The predicted octanol–water partition coefficient (Wildman–Crippen LogP) is 4.88. The van der Waals surface area contributed by atoms with E-state index in [4.69, 9.17) is 0 Å². The third kappa shape index (κ3) is 3.69. The SMILES string of the molecule is Cc1nc2ccccc2c(=O)n1-c1ccc(C(=O)NCCc2csc3ccccc23)cc1. The molecule has 0 saturated heterocycles. The number of fused-ring (bicyclic) bond motifs is 2. The van der Waals surface area contributed by atoms with E-state index in [-0.39, 0.29) is 11.5 Å². The summed E-state index contributed by atoms with van der Waals surface area (Å²) in [4.78, 5) is 30.1. The third-order valence-electron chi connectivity index (χ3n) is 5.57. The highest BCUT2D eigenvalue weighted by Crippen LogP contribution is 2.25. The highest BCUT2D eigenvalue weighted by molar-refractivity contribution is 7.17. The molecule has 32 heavy (non-hydrogen) atoms. The van der Waals surface area contributed by atoms with Crippen molar-refractivity contribution in [3.63, 3.8) is 0 Å².